The lowest BCUT2D eigenvalue weighted by molar-refractivity contribution is 0.373. The highest BCUT2D eigenvalue weighted by Gasteiger charge is 2.14. The number of hydrogen-bond donors (Lipinski definition) is 0. The fraction of sp³-hybridized carbons (Fsp3) is 0.235. The smallest absolute Gasteiger partial charge is 0.116 e. The van der Waals surface area contributed by atoms with Crippen molar-refractivity contribution in [2.45, 2.75) is 6.54 Å². The molecule has 0 fully saturated rings. The lowest BCUT2D eigenvalue weighted by Crippen LogP contribution is -2.18. The lowest BCUT2D eigenvalue weighted by atomic mass is 10.1. The van der Waals surface area contributed by atoms with Crippen LogP contribution in [0, 0.1) is 0 Å². The summed E-state index contributed by atoms with van der Waals surface area (Å²) in [5.74, 6) is 0. The second kappa shape index (κ2) is 6.89. The van der Waals surface area contributed by atoms with Gasteiger partial charge in [0.1, 0.15) is 12.0 Å². The summed E-state index contributed by atoms with van der Waals surface area (Å²) in [6.45, 7) is 1.74. The van der Waals surface area contributed by atoms with Crippen LogP contribution in [0.3, 0.4) is 0 Å². The molecule has 0 bridgehead atoms. The predicted octanol–water partition coefficient (Wildman–Crippen LogP) is 3.22. The highest BCUT2D eigenvalue weighted by atomic mass is 35.5. The van der Waals surface area contributed by atoms with Crippen molar-refractivity contribution in [3.63, 3.8) is 0 Å². The van der Waals surface area contributed by atoms with Gasteiger partial charge in [-0.2, -0.15) is 5.10 Å². The van der Waals surface area contributed by atoms with E-state index in [2.05, 4.69) is 29.0 Å². The van der Waals surface area contributed by atoms with E-state index in [4.69, 9.17) is 16.7 Å². The van der Waals surface area contributed by atoms with Gasteiger partial charge in [-0.25, -0.2) is 9.97 Å². The van der Waals surface area contributed by atoms with Crippen molar-refractivity contribution >= 4 is 11.6 Å². The van der Waals surface area contributed by atoms with Gasteiger partial charge in [-0.05, 0) is 32.3 Å². The SMILES string of the molecule is CN(C)CCn1cc(-c2ccncn2)c(-c2ccc(Cl)cc2)n1. The van der Waals surface area contributed by atoms with Gasteiger partial charge in [0, 0.05) is 35.1 Å². The molecular formula is C17H18ClN5. The molecule has 1 aromatic carbocycles. The van der Waals surface area contributed by atoms with Gasteiger partial charge in [0.15, 0.2) is 0 Å². The molecule has 0 saturated heterocycles. The van der Waals surface area contributed by atoms with Gasteiger partial charge in [-0.3, -0.25) is 4.68 Å². The summed E-state index contributed by atoms with van der Waals surface area (Å²) in [4.78, 5) is 10.5. The molecule has 0 aliphatic carbocycles. The van der Waals surface area contributed by atoms with E-state index in [0.717, 1.165) is 35.6 Å². The van der Waals surface area contributed by atoms with Gasteiger partial charge in [0.2, 0.25) is 0 Å². The van der Waals surface area contributed by atoms with Crippen molar-refractivity contribution in [1.82, 2.24) is 24.6 Å². The van der Waals surface area contributed by atoms with Crippen LogP contribution in [0.25, 0.3) is 22.5 Å². The fourth-order valence-corrected chi connectivity index (χ4v) is 2.42. The minimum atomic E-state index is 0.712. The van der Waals surface area contributed by atoms with Gasteiger partial charge in [0.25, 0.3) is 0 Å². The molecule has 0 unspecified atom stereocenters. The van der Waals surface area contributed by atoms with E-state index in [0.29, 0.717) is 5.02 Å². The van der Waals surface area contributed by atoms with E-state index < -0.39 is 0 Å². The molecule has 3 rings (SSSR count). The van der Waals surface area contributed by atoms with Crippen LogP contribution in [0.4, 0.5) is 0 Å². The number of rotatable bonds is 5. The third-order valence-electron chi connectivity index (χ3n) is 3.51. The molecule has 118 valence electrons. The Morgan fingerprint density at radius 2 is 1.91 bits per heavy atom. The number of aromatic nitrogens is 4. The van der Waals surface area contributed by atoms with Gasteiger partial charge >= 0.3 is 0 Å². The van der Waals surface area contributed by atoms with Crippen molar-refractivity contribution in [2.24, 2.45) is 0 Å². The normalized spacial score (nSPS) is 11.1. The second-order valence-electron chi connectivity index (χ2n) is 5.56. The number of benzene rings is 1. The number of nitrogens with zero attached hydrogens (tertiary/aromatic N) is 5. The summed E-state index contributed by atoms with van der Waals surface area (Å²) < 4.78 is 1.96. The summed E-state index contributed by atoms with van der Waals surface area (Å²) in [6.07, 6.45) is 5.33. The first kappa shape index (κ1) is 15.6. The zero-order valence-electron chi connectivity index (χ0n) is 13.1. The monoisotopic (exact) mass is 327 g/mol. The Kier molecular flexibility index (Phi) is 4.69. The van der Waals surface area contributed by atoms with Crippen LogP contribution in [0.2, 0.25) is 5.02 Å². The van der Waals surface area contributed by atoms with Crippen LogP contribution in [-0.2, 0) is 6.54 Å². The molecule has 6 heteroatoms. The lowest BCUT2D eigenvalue weighted by Gasteiger charge is -2.08. The molecule has 5 nitrogen and oxygen atoms in total. The Balaban J connectivity index is 2.03. The van der Waals surface area contributed by atoms with Crippen LogP contribution in [0.1, 0.15) is 0 Å². The number of likely N-dealkylation sites (N-methyl/N-ethyl adjacent to an activating group) is 1. The average Bonchev–Trinajstić information content (AvgIpc) is 2.99. The number of hydrogen-bond acceptors (Lipinski definition) is 4. The average molecular weight is 328 g/mol. The van der Waals surface area contributed by atoms with Crippen molar-refractivity contribution in [1.29, 1.82) is 0 Å². The van der Waals surface area contributed by atoms with Crippen molar-refractivity contribution in [3.05, 3.63) is 54.1 Å². The van der Waals surface area contributed by atoms with Crippen LogP contribution < -0.4 is 0 Å². The largest absolute Gasteiger partial charge is 0.308 e. The molecule has 0 radical (unpaired) electrons. The number of halogens is 1. The Bertz CT molecular complexity index is 765. The molecule has 0 aliphatic rings. The maximum absolute atomic E-state index is 5.99. The Labute approximate surface area is 140 Å². The van der Waals surface area contributed by atoms with E-state index in [1.807, 2.05) is 41.2 Å². The minimum Gasteiger partial charge on any atom is -0.308 e. The predicted molar refractivity (Wildman–Crippen MR) is 92.3 cm³/mol. The molecule has 2 heterocycles. The molecule has 0 amide bonds. The zero-order chi connectivity index (χ0) is 16.2. The second-order valence-corrected chi connectivity index (χ2v) is 6.00. The Hall–Kier alpha value is -2.24. The quantitative estimate of drug-likeness (QED) is 0.722. The molecule has 0 atom stereocenters. The highest BCUT2D eigenvalue weighted by Crippen LogP contribution is 2.30. The van der Waals surface area contributed by atoms with Crippen LogP contribution >= 0.6 is 11.6 Å². The summed E-state index contributed by atoms with van der Waals surface area (Å²) in [6, 6.07) is 9.60. The van der Waals surface area contributed by atoms with Gasteiger partial charge in [-0.1, -0.05) is 23.7 Å². The summed E-state index contributed by atoms with van der Waals surface area (Å²) in [7, 11) is 4.10. The molecule has 3 aromatic rings. The Morgan fingerprint density at radius 1 is 1.13 bits per heavy atom. The van der Waals surface area contributed by atoms with E-state index in [1.165, 1.54) is 0 Å². The standard InChI is InChI=1S/C17H18ClN5/c1-22(2)9-10-23-11-15(16-7-8-19-12-20-16)17(21-23)13-3-5-14(18)6-4-13/h3-8,11-12H,9-10H2,1-2H3. The molecule has 0 aliphatic heterocycles. The topological polar surface area (TPSA) is 46.8 Å². The Morgan fingerprint density at radius 3 is 2.57 bits per heavy atom. The molecule has 23 heavy (non-hydrogen) atoms. The van der Waals surface area contributed by atoms with Crippen molar-refractivity contribution in [2.75, 3.05) is 20.6 Å². The summed E-state index contributed by atoms with van der Waals surface area (Å²) >= 11 is 5.99. The summed E-state index contributed by atoms with van der Waals surface area (Å²) in [5, 5.41) is 5.46. The van der Waals surface area contributed by atoms with Crippen molar-refractivity contribution < 1.29 is 0 Å². The summed E-state index contributed by atoms with van der Waals surface area (Å²) in [5.41, 5.74) is 3.78. The van der Waals surface area contributed by atoms with E-state index in [-0.39, 0.29) is 0 Å². The minimum absolute atomic E-state index is 0.712. The van der Waals surface area contributed by atoms with E-state index in [9.17, 15) is 0 Å². The first-order valence-corrected chi connectivity index (χ1v) is 7.76. The first-order valence-electron chi connectivity index (χ1n) is 7.38. The maximum Gasteiger partial charge on any atom is 0.116 e. The van der Waals surface area contributed by atoms with Crippen LogP contribution in [0.5, 0.6) is 0 Å². The maximum atomic E-state index is 5.99. The van der Waals surface area contributed by atoms with E-state index in [1.54, 1.807) is 12.5 Å². The molecule has 0 spiro atoms. The van der Waals surface area contributed by atoms with Crippen LogP contribution in [0.15, 0.2) is 49.1 Å². The van der Waals surface area contributed by atoms with E-state index >= 15 is 0 Å². The molecule has 0 N–H and O–H groups in total. The van der Waals surface area contributed by atoms with Gasteiger partial charge < -0.3 is 4.90 Å². The third-order valence-corrected chi connectivity index (χ3v) is 3.77. The van der Waals surface area contributed by atoms with Crippen LogP contribution in [-0.4, -0.2) is 45.3 Å². The van der Waals surface area contributed by atoms with Crippen molar-refractivity contribution in [3.8, 4) is 22.5 Å². The molecular weight excluding hydrogens is 310 g/mol. The van der Waals surface area contributed by atoms with Gasteiger partial charge in [-0.15, -0.1) is 0 Å². The fourth-order valence-electron chi connectivity index (χ4n) is 2.30. The molecule has 2 aromatic heterocycles. The third kappa shape index (κ3) is 3.75. The molecule has 0 saturated carbocycles. The zero-order valence-corrected chi connectivity index (χ0v) is 13.9. The van der Waals surface area contributed by atoms with Gasteiger partial charge in [0.05, 0.1) is 12.2 Å². The first-order chi connectivity index (χ1) is 11.1. The highest BCUT2D eigenvalue weighted by molar-refractivity contribution is 6.30.